The third-order valence-electron chi connectivity index (χ3n) is 2.06. The van der Waals surface area contributed by atoms with Crippen LogP contribution in [0.3, 0.4) is 0 Å². The molecule has 1 atom stereocenters. The average Bonchev–Trinajstić information content (AvgIpc) is 2.20. The van der Waals surface area contributed by atoms with Crippen molar-refractivity contribution in [3.05, 3.63) is 0 Å². The summed E-state index contributed by atoms with van der Waals surface area (Å²) in [7, 11) is 5.15. The molecule has 0 rings (SSSR count). The molecule has 0 spiro atoms. The Bertz CT molecular complexity index is 174. The van der Waals surface area contributed by atoms with Crippen molar-refractivity contribution in [2.45, 2.75) is 19.4 Å². The number of rotatable bonds is 7. The number of amides is 2. The molecule has 0 saturated carbocycles. The summed E-state index contributed by atoms with van der Waals surface area (Å²) in [5.74, 6) is 0. The van der Waals surface area contributed by atoms with Gasteiger partial charge in [0.25, 0.3) is 0 Å². The molecule has 5 heteroatoms. The van der Waals surface area contributed by atoms with Gasteiger partial charge in [0, 0.05) is 46.9 Å². The standard InChI is InChI=1S/C10H23N3O2/c1-9(5-8-15-4)11-6-7-12-10(14)13(2)3/h9,11H,5-8H2,1-4H3,(H,12,14). The van der Waals surface area contributed by atoms with Gasteiger partial charge >= 0.3 is 6.03 Å². The van der Waals surface area contributed by atoms with Gasteiger partial charge in [0.1, 0.15) is 0 Å². The Labute approximate surface area is 92.2 Å². The van der Waals surface area contributed by atoms with Crippen LogP contribution in [0.25, 0.3) is 0 Å². The fourth-order valence-electron chi connectivity index (χ4n) is 1.04. The van der Waals surface area contributed by atoms with Crippen LogP contribution in [0.15, 0.2) is 0 Å². The predicted molar refractivity (Wildman–Crippen MR) is 61.0 cm³/mol. The van der Waals surface area contributed by atoms with Crippen molar-refractivity contribution in [2.24, 2.45) is 0 Å². The molecule has 0 aliphatic carbocycles. The molecule has 90 valence electrons. The van der Waals surface area contributed by atoms with Gasteiger partial charge in [0.15, 0.2) is 0 Å². The number of carbonyl (C=O) groups excluding carboxylic acids is 1. The second-order valence-corrected chi connectivity index (χ2v) is 3.76. The van der Waals surface area contributed by atoms with Crippen molar-refractivity contribution in [1.82, 2.24) is 15.5 Å². The van der Waals surface area contributed by atoms with Crippen LogP contribution in [0.5, 0.6) is 0 Å². The van der Waals surface area contributed by atoms with E-state index in [0.29, 0.717) is 12.6 Å². The first-order valence-electron chi connectivity index (χ1n) is 5.25. The summed E-state index contributed by atoms with van der Waals surface area (Å²) in [6.45, 7) is 4.30. The Morgan fingerprint density at radius 2 is 2.07 bits per heavy atom. The van der Waals surface area contributed by atoms with Crippen LogP contribution < -0.4 is 10.6 Å². The second-order valence-electron chi connectivity index (χ2n) is 3.76. The van der Waals surface area contributed by atoms with E-state index in [2.05, 4.69) is 17.6 Å². The molecule has 0 fully saturated rings. The first-order valence-corrected chi connectivity index (χ1v) is 5.25. The van der Waals surface area contributed by atoms with Gasteiger partial charge in [-0.1, -0.05) is 0 Å². The molecular weight excluding hydrogens is 194 g/mol. The third kappa shape index (κ3) is 8.20. The quantitative estimate of drug-likeness (QED) is 0.602. The molecule has 0 aliphatic heterocycles. The molecule has 15 heavy (non-hydrogen) atoms. The van der Waals surface area contributed by atoms with Crippen molar-refractivity contribution in [3.63, 3.8) is 0 Å². The summed E-state index contributed by atoms with van der Waals surface area (Å²) in [5, 5.41) is 6.09. The highest BCUT2D eigenvalue weighted by molar-refractivity contribution is 5.73. The smallest absolute Gasteiger partial charge is 0.316 e. The van der Waals surface area contributed by atoms with Gasteiger partial charge in [-0.25, -0.2) is 4.79 Å². The number of hydrogen-bond donors (Lipinski definition) is 2. The van der Waals surface area contributed by atoms with Crippen LogP contribution in [0.1, 0.15) is 13.3 Å². The second kappa shape index (κ2) is 8.49. The fourth-order valence-corrected chi connectivity index (χ4v) is 1.04. The zero-order valence-electron chi connectivity index (χ0n) is 10.2. The SMILES string of the molecule is COCCC(C)NCCNC(=O)N(C)C. The Morgan fingerprint density at radius 1 is 1.40 bits per heavy atom. The lowest BCUT2D eigenvalue weighted by atomic mass is 10.2. The monoisotopic (exact) mass is 217 g/mol. The molecule has 0 saturated heterocycles. The number of methoxy groups -OCH3 is 1. The maximum atomic E-state index is 11.1. The zero-order chi connectivity index (χ0) is 11.7. The molecule has 2 N–H and O–H groups in total. The van der Waals surface area contributed by atoms with Crippen LogP contribution in [0, 0.1) is 0 Å². The van der Waals surface area contributed by atoms with E-state index in [-0.39, 0.29) is 6.03 Å². The number of nitrogens with one attached hydrogen (secondary N) is 2. The van der Waals surface area contributed by atoms with E-state index in [1.807, 2.05) is 0 Å². The summed E-state index contributed by atoms with van der Waals surface area (Å²) in [6, 6.07) is 0.363. The van der Waals surface area contributed by atoms with Crippen molar-refractivity contribution in [2.75, 3.05) is 40.9 Å². The van der Waals surface area contributed by atoms with E-state index < -0.39 is 0 Å². The zero-order valence-corrected chi connectivity index (χ0v) is 10.2. The number of nitrogens with zero attached hydrogens (tertiary/aromatic N) is 1. The molecule has 0 aliphatic rings. The van der Waals surface area contributed by atoms with E-state index in [0.717, 1.165) is 19.6 Å². The topological polar surface area (TPSA) is 53.6 Å². The maximum Gasteiger partial charge on any atom is 0.316 e. The molecule has 0 aromatic carbocycles. The molecular formula is C10H23N3O2. The lowest BCUT2D eigenvalue weighted by Crippen LogP contribution is -2.40. The molecule has 2 amide bonds. The summed E-state index contributed by atoms with van der Waals surface area (Å²) in [4.78, 5) is 12.6. The molecule has 0 heterocycles. The van der Waals surface area contributed by atoms with Gasteiger partial charge in [-0.05, 0) is 13.3 Å². The van der Waals surface area contributed by atoms with Gasteiger partial charge in [0.2, 0.25) is 0 Å². The Kier molecular flexibility index (Phi) is 8.04. The van der Waals surface area contributed by atoms with Gasteiger partial charge < -0.3 is 20.3 Å². The summed E-state index contributed by atoms with van der Waals surface area (Å²) < 4.78 is 4.97. The van der Waals surface area contributed by atoms with E-state index in [4.69, 9.17) is 4.74 Å². The minimum atomic E-state index is -0.0543. The molecule has 5 nitrogen and oxygen atoms in total. The Balaban J connectivity index is 3.34. The fraction of sp³-hybridized carbons (Fsp3) is 0.900. The molecule has 0 bridgehead atoms. The van der Waals surface area contributed by atoms with Gasteiger partial charge in [-0.15, -0.1) is 0 Å². The van der Waals surface area contributed by atoms with Crippen LogP contribution in [0.4, 0.5) is 4.79 Å². The highest BCUT2D eigenvalue weighted by atomic mass is 16.5. The third-order valence-corrected chi connectivity index (χ3v) is 2.06. The number of ether oxygens (including phenoxy) is 1. The summed E-state index contributed by atoms with van der Waals surface area (Å²) in [6.07, 6.45) is 0.984. The molecule has 0 aromatic heterocycles. The minimum Gasteiger partial charge on any atom is -0.385 e. The van der Waals surface area contributed by atoms with Gasteiger partial charge in [0.05, 0.1) is 0 Å². The largest absolute Gasteiger partial charge is 0.385 e. The number of carbonyl (C=O) groups is 1. The number of hydrogen-bond acceptors (Lipinski definition) is 3. The first-order chi connectivity index (χ1) is 7.07. The lowest BCUT2D eigenvalue weighted by molar-refractivity contribution is 0.185. The Hall–Kier alpha value is -0.810. The first kappa shape index (κ1) is 14.2. The average molecular weight is 217 g/mol. The van der Waals surface area contributed by atoms with Crippen molar-refractivity contribution in [3.8, 4) is 0 Å². The van der Waals surface area contributed by atoms with Gasteiger partial charge in [-0.3, -0.25) is 0 Å². The van der Waals surface area contributed by atoms with Crippen LogP contribution in [0.2, 0.25) is 0 Å². The van der Waals surface area contributed by atoms with E-state index >= 15 is 0 Å². The molecule has 1 unspecified atom stereocenters. The van der Waals surface area contributed by atoms with E-state index in [9.17, 15) is 4.79 Å². The van der Waals surface area contributed by atoms with Crippen LogP contribution in [-0.2, 0) is 4.74 Å². The highest BCUT2D eigenvalue weighted by Crippen LogP contribution is 1.89. The maximum absolute atomic E-state index is 11.1. The van der Waals surface area contributed by atoms with E-state index in [1.54, 1.807) is 21.2 Å². The number of urea groups is 1. The summed E-state index contributed by atoms with van der Waals surface area (Å²) >= 11 is 0. The highest BCUT2D eigenvalue weighted by Gasteiger charge is 2.02. The normalized spacial score (nSPS) is 12.3. The molecule has 0 aromatic rings. The molecule has 0 radical (unpaired) electrons. The predicted octanol–water partition coefficient (Wildman–Crippen LogP) is 0.272. The minimum absolute atomic E-state index is 0.0543. The Morgan fingerprint density at radius 3 is 2.60 bits per heavy atom. The van der Waals surface area contributed by atoms with Crippen molar-refractivity contribution >= 4 is 6.03 Å². The van der Waals surface area contributed by atoms with E-state index in [1.165, 1.54) is 4.90 Å². The van der Waals surface area contributed by atoms with Crippen LogP contribution >= 0.6 is 0 Å². The lowest BCUT2D eigenvalue weighted by Gasteiger charge is -2.15. The van der Waals surface area contributed by atoms with Crippen molar-refractivity contribution < 1.29 is 9.53 Å². The van der Waals surface area contributed by atoms with Gasteiger partial charge in [-0.2, -0.15) is 0 Å². The van der Waals surface area contributed by atoms with Crippen LogP contribution in [-0.4, -0.2) is 57.9 Å². The summed E-state index contributed by atoms with van der Waals surface area (Å²) in [5.41, 5.74) is 0. The van der Waals surface area contributed by atoms with Crippen molar-refractivity contribution in [1.29, 1.82) is 0 Å².